The molecule has 1 unspecified atom stereocenters. The van der Waals surface area contributed by atoms with E-state index < -0.39 is 12.1 Å². The Kier molecular flexibility index (Phi) is 7.04. The number of hydrogen-bond acceptors (Lipinski definition) is 4. The molecule has 2 rings (SSSR count). The van der Waals surface area contributed by atoms with E-state index in [0.29, 0.717) is 16.5 Å². The maximum absolute atomic E-state index is 12.5. The highest BCUT2D eigenvalue weighted by atomic mass is 35.5. The first kappa shape index (κ1) is 19.8. The third kappa shape index (κ3) is 5.77. The van der Waals surface area contributed by atoms with Gasteiger partial charge in [-0.3, -0.25) is 9.59 Å². The molecule has 26 heavy (non-hydrogen) atoms. The number of nitrogens with one attached hydrogen (secondary N) is 1. The molecule has 0 saturated heterocycles. The maximum Gasteiger partial charge on any atom is 0.311 e. The summed E-state index contributed by atoms with van der Waals surface area (Å²) in [4.78, 5) is 24.7. The Morgan fingerprint density at radius 3 is 2.19 bits per heavy atom. The second-order valence-electron chi connectivity index (χ2n) is 6.18. The van der Waals surface area contributed by atoms with Crippen molar-refractivity contribution in [1.82, 2.24) is 0 Å². The number of rotatable bonds is 7. The number of esters is 1. The molecule has 2 aromatic rings. The predicted molar refractivity (Wildman–Crippen MR) is 101 cm³/mol. The second kappa shape index (κ2) is 9.25. The van der Waals surface area contributed by atoms with Crippen LogP contribution in [0.2, 0.25) is 5.02 Å². The lowest BCUT2D eigenvalue weighted by atomic mass is 10.1. The van der Waals surface area contributed by atoms with Crippen molar-refractivity contribution < 1.29 is 19.1 Å². The van der Waals surface area contributed by atoms with Gasteiger partial charge in [0, 0.05) is 10.7 Å². The van der Waals surface area contributed by atoms with Gasteiger partial charge >= 0.3 is 5.97 Å². The van der Waals surface area contributed by atoms with E-state index in [0.717, 1.165) is 5.56 Å². The molecule has 138 valence electrons. The molecule has 0 saturated carbocycles. The SMILES string of the molecule is COc1ccc(NC(=O)C(OC(=O)Cc2ccc(Cl)cc2)C(C)C)cc1. The lowest BCUT2D eigenvalue weighted by molar-refractivity contribution is -0.156. The van der Waals surface area contributed by atoms with Gasteiger partial charge in [0.2, 0.25) is 0 Å². The Labute approximate surface area is 158 Å². The van der Waals surface area contributed by atoms with Gasteiger partial charge in [-0.15, -0.1) is 0 Å². The van der Waals surface area contributed by atoms with Crippen LogP contribution in [0.15, 0.2) is 48.5 Å². The quantitative estimate of drug-likeness (QED) is 0.740. The molecule has 0 aromatic heterocycles. The molecule has 0 spiro atoms. The van der Waals surface area contributed by atoms with E-state index >= 15 is 0 Å². The van der Waals surface area contributed by atoms with Crippen LogP contribution in [0.1, 0.15) is 19.4 Å². The Hall–Kier alpha value is -2.53. The average Bonchev–Trinajstić information content (AvgIpc) is 2.62. The van der Waals surface area contributed by atoms with Gasteiger partial charge in [0.05, 0.1) is 13.5 Å². The number of hydrogen-bond donors (Lipinski definition) is 1. The molecule has 0 aliphatic carbocycles. The van der Waals surface area contributed by atoms with Crippen LogP contribution < -0.4 is 10.1 Å². The largest absolute Gasteiger partial charge is 0.497 e. The van der Waals surface area contributed by atoms with Crippen LogP contribution in [0, 0.1) is 5.92 Å². The first-order valence-electron chi connectivity index (χ1n) is 8.28. The lowest BCUT2D eigenvalue weighted by Gasteiger charge is -2.21. The summed E-state index contributed by atoms with van der Waals surface area (Å²) < 4.78 is 10.5. The van der Waals surface area contributed by atoms with Crippen LogP contribution in [0.4, 0.5) is 5.69 Å². The van der Waals surface area contributed by atoms with E-state index in [4.69, 9.17) is 21.1 Å². The molecule has 5 nitrogen and oxygen atoms in total. The van der Waals surface area contributed by atoms with Crippen LogP contribution in [0.5, 0.6) is 5.75 Å². The van der Waals surface area contributed by atoms with Gasteiger partial charge in [0.25, 0.3) is 5.91 Å². The zero-order valence-electron chi connectivity index (χ0n) is 15.0. The van der Waals surface area contributed by atoms with Crippen molar-refractivity contribution in [3.05, 3.63) is 59.1 Å². The monoisotopic (exact) mass is 375 g/mol. The van der Waals surface area contributed by atoms with E-state index in [-0.39, 0.29) is 18.2 Å². The van der Waals surface area contributed by atoms with Crippen molar-refractivity contribution in [2.75, 3.05) is 12.4 Å². The third-order valence-electron chi connectivity index (χ3n) is 3.74. The van der Waals surface area contributed by atoms with Gasteiger partial charge in [0.1, 0.15) is 5.75 Å². The van der Waals surface area contributed by atoms with Gasteiger partial charge in [-0.05, 0) is 47.9 Å². The summed E-state index contributed by atoms with van der Waals surface area (Å²) in [7, 11) is 1.57. The normalized spacial score (nSPS) is 11.7. The van der Waals surface area contributed by atoms with Crippen LogP contribution >= 0.6 is 11.6 Å². The Bertz CT molecular complexity index is 741. The van der Waals surface area contributed by atoms with Gasteiger partial charge in [-0.1, -0.05) is 37.6 Å². The van der Waals surface area contributed by atoms with Crippen LogP contribution in [0.25, 0.3) is 0 Å². The first-order valence-corrected chi connectivity index (χ1v) is 8.65. The minimum atomic E-state index is -0.878. The van der Waals surface area contributed by atoms with Crippen molar-refractivity contribution >= 4 is 29.2 Å². The van der Waals surface area contributed by atoms with Crippen molar-refractivity contribution in [1.29, 1.82) is 0 Å². The van der Waals surface area contributed by atoms with Crippen molar-refractivity contribution in [3.8, 4) is 5.75 Å². The number of carbonyl (C=O) groups is 2. The molecular formula is C20H22ClNO4. The summed E-state index contributed by atoms with van der Waals surface area (Å²) >= 11 is 5.83. The number of amides is 1. The molecule has 2 aromatic carbocycles. The number of methoxy groups -OCH3 is 1. The molecule has 6 heteroatoms. The molecule has 0 fully saturated rings. The summed E-state index contributed by atoms with van der Waals surface area (Å²) in [5.74, 6) is -0.300. The highest BCUT2D eigenvalue weighted by Gasteiger charge is 2.26. The molecule has 0 radical (unpaired) electrons. The molecule has 1 amide bonds. The van der Waals surface area contributed by atoms with Crippen LogP contribution in [-0.2, 0) is 20.7 Å². The summed E-state index contributed by atoms with van der Waals surface area (Å²) in [6, 6.07) is 13.9. The van der Waals surface area contributed by atoms with E-state index in [1.54, 1.807) is 55.6 Å². The van der Waals surface area contributed by atoms with Crippen LogP contribution in [-0.4, -0.2) is 25.1 Å². The van der Waals surface area contributed by atoms with Gasteiger partial charge in [0.15, 0.2) is 6.10 Å². The molecule has 0 heterocycles. The Balaban J connectivity index is 1.98. The van der Waals surface area contributed by atoms with E-state index in [1.807, 2.05) is 13.8 Å². The molecule has 0 aliphatic heterocycles. The van der Waals surface area contributed by atoms with E-state index in [9.17, 15) is 9.59 Å². The number of benzene rings is 2. The van der Waals surface area contributed by atoms with E-state index in [1.165, 1.54) is 0 Å². The van der Waals surface area contributed by atoms with Crippen molar-refractivity contribution in [2.24, 2.45) is 5.92 Å². The molecule has 0 aliphatic rings. The minimum absolute atomic E-state index is 0.0796. The smallest absolute Gasteiger partial charge is 0.311 e. The summed E-state index contributed by atoms with van der Waals surface area (Å²) in [6.45, 7) is 3.65. The summed E-state index contributed by atoms with van der Waals surface area (Å²) in [5.41, 5.74) is 1.38. The zero-order valence-corrected chi connectivity index (χ0v) is 15.7. The number of halogens is 1. The molecule has 1 N–H and O–H groups in total. The van der Waals surface area contributed by atoms with Gasteiger partial charge < -0.3 is 14.8 Å². The van der Waals surface area contributed by atoms with E-state index in [2.05, 4.69) is 5.32 Å². The van der Waals surface area contributed by atoms with Crippen LogP contribution in [0.3, 0.4) is 0 Å². The molecule has 0 bridgehead atoms. The standard InChI is InChI=1S/C20H22ClNO4/c1-13(2)19(20(24)22-16-8-10-17(25-3)11-9-16)26-18(23)12-14-4-6-15(21)7-5-14/h4-11,13,19H,12H2,1-3H3,(H,22,24). The Morgan fingerprint density at radius 1 is 1.04 bits per heavy atom. The molecule has 1 atom stereocenters. The second-order valence-corrected chi connectivity index (χ2v) is 6.61. The van der Waals surface area contributed by atoms with Gasteiger partial charge in [-0.2, -0.15) is 0 Å². The highest BCUT2D eigenvalue weighted by Crippen LogP contribution is 2.17. The zero-order chi connectivity index (χ0) is 19.1. The predicted octanol–water partition coefficient (Wildman–Crippen LogP) is 4.10. The molecular weight excluding hydrogens is 354 g/mol. The Morgan fingerprint density at radius 2 is 1.65 bits per heavy atom. The fourth-order valence-electron chi connectivity index (χ4n) is 2.33. The minimum Gasteiger partial charge on any atom is -0.497 e. The maximum atomic E-state index is 12.5. The topological polar surface area (TPSA) is 64.6 Å². The number of anilines is 1. The highest BCUT2D eigenvalue weighted by molar-refractivity contribution is 6.30. The summed E-state index contributed by atoms with van der Waals surface area (Å²) in [5, 5.41) is 3.36. The third-order valence-corrected chi connectivity index (χ3v) is 3.99. The average molecular weight is 376 g/mol. The van der Waals surface area contributed by atoms with Crippen molar-refractivity contribution in [2.45, 2.75) is 26.4 Å². The number of carbonyl (C=O) groups excluding carboxylic acids is 2. The first-order chi connectivity index (χ1) is 12.4. The summed E-state index contributed by atoms with van der Waals surface area (Å²) in [6.07, 6.45) is -0.798. The fraction of sp³-hybridized carbons (Fsp3) is 0.300. The van der Waals surface area contributed by atoms with Crippen molar-refractivity contribution in [3.63, 3.8) is 0 Å². The number of ether oxygens (including phenoxy) is 2. The fourth-order valence-corrected chi connectivity index (χ4v) is 2.46. The lowest BCUT2D eigenvalue weighted by Crippen LogP contribution is -2.37. The van der Waals surface area contributed by atoms with Gasteiger partial charge in [-0.25, -0.2) is 0 Å².